The van der Waals surface area contributed by atoms with E-state index in [1.165, 1.54) is 12.1 Å². The molecule has 0 atom stereocenters. The summed E-state index contributed by atoms with van der Waals surface area (Å²) in [4.78, 5) is 20.1. The van der Waals surface area contributed by atoms with Crippen LogP contribution in [0.15, 0.2) is 18.2 Å². The minimum Gasteiger partial charge on any atom is -0.379 e. The van der Waals surface area contributed by atoms with Crippen molar-refractivity contribution in [2.24, 2.45) is 0 Å². The number of H-pyrrole nitrogens is 1. The van der Waals surface area contributed by atoms with Crippen molar-refractivity contribution in [1.29, 1.82) is 0 Å². The number of hydrogen-bond donors (Lipinski definition) is 1. The van der Waals surface area contributed by atoms with Gasteiger partial charge in [0.25, 0.3) is 5.69 Å². The number of nitro benzene ring substituents is 1. The molecule has 1 aliphatic heterocycles. The Morgan fingerprint density at radius 1 is 1.42 bits per heavy atom. The van der Waals surface area contributed by atoms with E-state index in [2.05, 4.69) is 14.9 Å². The van der Waals surface area contributed by atoms with Crippen LogP contribution >= 0.6 is 0 Å². The lowest BCUT2D eigenvalue weighted by atomic mass is 10.3. The van der Waals surface area contributed by atoms with E-state index in [9.17, 15) is 10.1 Å². The maximum absolute atomic E-state index is 10.7. The van der Waals surface area contributed by atoms with Gasteiger partial charge in [0.2, 0.25) is 0 Å². The standard InChI is InChI=1S/C12H14N4O3/c17-16(18)9-1-2-10-11(7-9)14-12(13-10)8-15-3-5-19-6-4-15/h1-2,7H,3-6,8H2,(H,13,14). The van der Waals surface area contributed by atoms with Gasteiger partial charge in [-0.25, -0.2) is 4.98 Å². The maximum Gasteiger partial charge on any atom is 0.271 e. The highest BCUT2D eigenvalue weighted by Gasteiger charge is 2.14. The van der Waals surface area contributed by atoms with Gasteiger partial charge in [0.15, 0.2) is 0 Å². The predicted molar refractivity (Wildman–Crippen MR) is 68.8 cm³/mol. The molecular weight excluding hydrogens is 248 g/mol. The van der Waals surface area contributed by atoms with Crippen LogP contribution < -0.4 is 0 Å². The number of nitro groups is 1. The molecule has 1 fully saturated rings. The molecule has 0 saturated carbocycles. The second-order valence-corrected chi connectivity index (χ2v) is 4.53. The molecule has 1 saturated heterocycles. The van der Waals surface area contributed by atoms with Crippen molar-refractivity contribution in [2.75, 3.05) is 26.3 Å². The number of nitrogens with zero attached hydrogens (tertiary/aromatic N) is 3. The van der Waals surface area contributed by atoms with Crippen LogP contribution in [0.4, 0.5) is 5.69 Å². The zero-order valence-electron chi connectivity index (χ0n) is 10.3. The molecule has 100 valence electrons. The van der Waals surface area contributed by atoms with Gasteiger partial charge in [-0.1, -0.05) is 0 Å². The Labute approximate surface area is 109 Å². The molecule has 0 amide bonds. The number of imidazole rings is 1. The molecule has 0 aliphatic carbocycles. The first kappa shape index (κ1) is 12.1. The Kier molecular flexibility index (Phi) is 3.14. The van der Waals surface area contributed by atoms with Crippen molar-refractivity contribution in [2.45, 2.75) is 6.54 Å². The van der Waals surface area contributed by atoms with E-state index in [0.717, 1.165) is 37.6 Å². The number of benzene rings is 1. The average molecular weight is 262 g/mol. The largest absolute Gasteiger partial charge is 0.379 e. The Morgan fingerprint density at radius 2 is 2.21 bits per heavy atom. The number of rotatable bonds is 3. The second kappa shape index (κ2) is 4.94. The van der Waals surface area contributed by atoms with E-state index < -0.39 is 4.92 Å². The summed E-state index contributed by atoms with van der Waals surface area (Å²) in [6.07, 6.45) is 0. The van der Waals surface area contributed by atoms with Crippen molar-refractivity contribution >= 4 is 16.7 Å². The SMILES string of the molecule is O=[N+]([O-])c1ccc2nc(CN3CCOCC3)[nH]c2c1. The molecule has 19 heavy (non-hydrogen) atoms. The van der Waals surface area contributed by atoms with Crippen LogP contribution in [-0.2, 0) is 11.3 Å². The molecule has 0 unspecified atom stereocenters. The van der Waals surface area contributed by atoms with Gasteiger partial charge in [0.1, 0.15) is 5.82 Å². The van der Waals surface area contributed by atoms with Gasteiger partial charge >= 0.3 is 0 Å². The van der Waals surface area contributed by atoms with Crippen molar-refractivity contribution in [1.82, 2.24) is 14.9 Å². The quantitative estimate of drug-likeness (QED) is 0.665. The Bertz CT molecular complexity index is 604. The van der Waals surface area contributed by atoms with Crippen LogP contribution in [0.3, 0.4) is 0 Å². The number of non-ortho nitro benzene ring substituents is 1. The molecule has 1 aromatic carbocycles. The van der Waals surface area contributed by atoms with E-state index in [0.29, 0.717) is 12.1 Å². The number of aromatic amines is 1. The first-order chi connectivity index (χ1) is 9.22. The summed E-state index contributed by atoms with van der Waals surface area (Å²) in [5.74, 6) is 0.831. The van der Waals surface area contributed by atoms with E-state index in [4.69, 9.17) is 4.74 Å². The summed E-state index contributed by atoms with van der Waals surface area (Å²) in [5, 5.41) is 10.7. The van der Waals surface area contributed by atoms with Gasteiger partial charge in [0, 0.05) is 25.2 Å². The third kappa shape index (κ3) is 2.56. The Balaban J connectivity index is 1.82. The maximum atomic E-state index is 10.7. The van der Waals surface area contributed by atoms with Crippen LogP contribution in [0, 0.1) is 10.1 Å². The smallest absolute Gasteiger partial charge is 0.271 e. The minimum atomic E-state index is -0.401. The molecule has 1 aliphatic rings. The van der Waals surface area contributed by atoms with Crippen molar-refractivity contribution in [3.63, 3.8) is 0 Å². The number of fused-ring (bicyclic) bond motifs is 1. The number of aromatic nitrogens is 2. The topological polar surface area (TPSA) is 84.3 Å². The Hall–Kier alpha value is -1.99. The third-order valence-corrected chi connectivity index (χ3v) is 3.20. The fraction of sp³-hybridized carbons (Fsp3) is 0.417. The van der Waals surface area contributed by atoms with Gasteiger partial charge < -0.3 is 9.72 Å². The minimum absolute atomic E-state index is 0.0778. The highest BCUT2D eigenvalue weighted by molar-refractivity contribution is 5.77. The first-order valence-electron chi connectivity index (χ1n) is 6.15. The molecular formula is C12H14N4O3. The average Bonchev–Trinajstić information content (AvgIpc) is 2.80. The third-order valence-electron chi connectivity index (χ3n) is 3.20. The number of nitrogens with one attached hydrogen (secondary N) is 1. The van der Waals surface area contributed by atoms with E-state index in [-0.39, 0.29) is 5.69 Å². The van der Waals surface area contributed by atoms with Crippen molar-refractivity contribution in [3.8, 4) is 0 Å². The molecule has 2 aromatic rings. The number of morpholine rings is 1. The molecule has 0 bridgehead atoms. The lowest BCUT2D eigenvalue weighted by Gasteiger charge is -2.25. The number of hydrogen-bond acceptors (Lipinski definition) is 5. The highest BCUT2D eigenvalue weighted by atomic mass is 16.6. The Morgan fingerprint density at radius 3 is 2.95 bits per heavy atom. The van der Waals surface area contributed by atoms with E-state index in [1.807, 2.05) is 0 Å². The molecule has 7 heteroatoms. The first-order valence-corrected chi connectivity index (χ1v) is 6.15. The predicted octanol–water partition coefficient (Wildman–Crippen LogP) is 1.30. The summed E-state index contributed by atoms with van der Waals surface area (Å²) >= 11 is 0. The van der Waals surface area contributed by atoms with Crippen molar-refractivity contribution in [3.05, 3.63) is 34.1 Å². The van der Waals surface area contributed by atoms with Crippen LogP contribution in [0.5, 0.6) is 0 Å². The molecule has 2 heterocycles. The lowest BCUT2D eigenvalue weighted by Crippen LogP contribution is -2.35. The molecule has 7 nitrogen and oxygen atoms in total. The summed E-state index contributed by atoms with van der Waals surface area (Å²) in [6, 6.07) is 4.67. The summed E-state index contributed by atoms with van der Waals surface area (Å²) in [7, 11) is 0. The highest BCUT2D eigenvalue weighted by Crippen LogP contribution is 2.19. The normalized spacial score (nSPS) is 16.8. The van der Waals surface area contributed by atoms with Gasteiger partial charge in [-0.2, -0.15) is 0 Å². The van der Waals surface area contributed by atoms with E-state index in [1.54, 1.807) is 6.07 Å². The van der Waals surface area contributed by atoms with Crippen LogP contribution in [-0.4, -0.2) is 46.1 Å². The molecule has 0 spiro atoms. The summed E-state index contributed by atoms with van der Waals surface area (Å²) in [6.45, 7) is 3.97. The molecule has 1 aromatic heterocycles. The van der Waals surface area contributed by atoms with Crippen LogP contribution in [0.25, 0.3) is 11.0 Å². The molecule has 0 radical (unpaired) electrons. The number of ether oxygens (including phenoxy) is 1. The van der Waals surface area contributed by atoms with Crippen molar-refractivity contribution < 1.29 is 9.66 Å². The monoisotopic (exact) mass is 262 g/mol. The fourth-order valence-corrected chi connectivity index (χ4v) is 2.21. The summed E-state index contributed by atoms with van der Waals surface area (Å²) in [5.41, 5.74) is 1.54. The van der Waals surface area contributed by atoms with Gasteiger partial charge in [0.05, 0.1) is 35.7 Å². The van der Waals surface area contributed by atoms with E-state index >= 15 is 0 Å². The summed E-state index contributed by atoms with van der Waals surface area (Å²) < 4.78 is 5.29. The second-order valence-electron chi connectivity index (χ2n) is 4.53. The van der Waals surface area contributed by atoms with Gasteiger partial charge in [-0.05, 0) is 6.07 Å². The van der Waals surface area contributed by atoms with Gasteiger partial charge in [-0.3, -0.25) is 15.0 Å². The molecule has 1 N–H and O–H groups in total. The van der Waals surface area contributed by atoms with Crippen LogP contribution in [0.1, 0.15) is 5.82 Å². The fourth-order valence-electron chi connectivity index (χ4n) is 2.21. The van der Waals surface area contributed by atoms with Crippen LogP contribution in [0.2, 0.25) is 0 Å². The zero-order valence-corrected chi connectivity index (χ0v) is 10.3. The zero-order chi connectivity index (χ0) is 13.2. The van der Waals surface area contributed by atoms with Gasteiger partial charge in [-0.15, -0.1) is 0 Å². The molecule has 3 rings (SSSR count). The lowest BCUT2D eigenvalue weighted by molar-refractivity contribution is -0.384.